The predicted molar refractivity (Wildman–Crippen MR) is 108 cm³/mol. The van der Waals surface area contributed by atoms with Crippen LogP contribution in [0.15, 0.2) is 82.2 Å². The molecular weight excluding hydrogens is 395 g/mol. The van der Waals surface area contributed by atoms with Crippen LogP contribution < -0.4 is 15.9 Å². The van der Waals surface area contributed by atoms with Crippen LogP contribution in [-0.2, 0) is 12.8 Å². The Hall–Kier alpha value is -3.74. The molecule has 0 spiro atoms. The Labute approximate surface area is 169 Å². The van der Waals surface area contributed by atoms with E-state index in [9.17, 15) is 18.0 Å². The standard InChI is InChI=1S/C23H16F3NO3/c24-23(25,26)16-3-1-2-14(10-16)12-29-18-8-9-19-21(11-18)30-13-20(22(19)28)15-4-6-17(27)7-5-15/h1-11,13H,12,27H2. The maximum atomic E-state index is 12.8. The second-order valence-electron chi connectivity index (χ2n) is 6.75. The van der Waals surface area contributed by atoms with Gasteiger partial charge in [0.1, 0.15) is 24.2 Å². The Bertz CT molecular complexity index is 1260. The highest BCUT2D eigenvalue weighted by Crippen LogP contribution is 2.30. The van der Waals surface area contributed by atoms with E-state index in [2.05, 4.69) is 0 Å². The van der Waals surface area contributed by atoms with Crippen molar-refractivity contribution in [1.29, 1.82) is 0 Å². The van der Waals surface area contributed by atoms with E-state index in [1.165, 1.54) is 18.4 Å². The summed E-state index contributed by atoms with van der Waals surface area (Å²) >= 11 is 0. The minimum Gasteiger partial charge on any atom is -0.489 e. The van der Waals surface area contributed by atoms with E-state index in [-0.39, 0.29) is 12.0 Å². The van der Waals surface area contributed by atoms with E-state index in [0.29, 0.717) is 39.1 Å². The zero-order chi connectivity index (χ0) is 21.3. The highest BCUT2D eigenvalue weighted by atomic mass is 19.4. The van der Waals surface area contributed by atoms with E-state index in [4.69, 9.17) is 14.9 Å². The molecule has 0 unspecified atom stereocenters. The van der Waals surface area contributed by atoms with Gasteiger partial charge in [0.2, 0.25) is 0 Å². The first-order valence-electron chi connectivity index (χ1n) is 9.02. The first-order chi connectivity index (χ1) is 14.3. The van der Waals surface area contributed by atoms with Gasteiger partial charge in [0.25, 0.3) is 0 Å². The van der Waals surface area contributed by atoms with Crippen molar-refractivity contribution in [2.24, 2.45) is 0 Å². The Kier molecular flexibility index (Phi) is 4.95. The largest absolute Gasteiger partial charge is 0.489 e. The number of rotatable bonds is 4. The minimum atomic E-state index is -4.41. The van der Waals surface area contributed by atoms with Gasteiger partial charge in [-0.1, -0.05) is 24.3 Å². The van der Waals surface area contributed by atoms with E-state index < -0.39 is 11.7 Å². The third-order valence-electron chi connectivity index (χ3n) is 4.63. The smallest absolute Gasteiger partial charge is 0.416 e. The first-order valence-corrected chi connectivity index (χ1v) is 9.02. The van der Waals surface area contributed by atoms with Gasteiger partial charge in [-0.3, -0.25) is 4.79 Å². The van der Waals surface area contributed by atoms with Crippen LogP contribution in [0.4, 0.5) is 18.9 Å². The fourth-order valence-electron chi connectivity index (χ4n) is 3.06. The molecule has 4 aromatic rings. The molecule has 0 saturated carbocycles. The molecular formula is C23H16F3NO3. The molecule has 0 bridgehead atoms. The molecule has 0 saturated heterocycles. The van der Waals surface area contributed by atoms with Crippen LogP contribution in [0.1, 0.15) is 11.1 Å². The molecule has 4 rings (SSSR count). The van der Waals surface area contributed by atoms with Crippen molar-refractivity contribution in [1.82, 2.24) is 0 Å². The molecule has 0 fully saturated rings. The fraction of sp³-hybridized carbons (Fsp3) is 0.0870. The third kappa shape index (κ3) is 4.00. The predicted octanol–water partition coefficient (Wildman–Crippen LogP) is 5.64. The molecule has 0 aliphatic heterocycles. The summed E-state index contributed by atoms with van der Waals surface area (Å²) in [7, 11) is 0. The van der Waals surface area contributed by atoms with Crippen LogP contribution in [-0.4, -0.2) is 0 Å². The molecule has 30 heavy (non-hydrogen) atoms. The van der Waals surface area contributed by atoms with E-state index in [0.717, 1.165) is 12.1 Å². The Morgan fingerprint density at radius 2 is 1.73 bits per heavy atom. The number of hydrogen-bond acceptors (Lipinski definition) is 4. The van der Waals surface area contributed by atoms with Gasteiger partial charge in [-0.2, -0.15) is 13.2 Å². The summed E-state index contributed by atoms with van der Waals surface area (Å²) in [5.74, 6) is 0.378. The van der Waals surface area contributed by atoms with Crippen molar-refractivity contribution >= 4 is 16.7 Å². The molecule has 0 atom stereocenters. The van der Waals surface area contributed by atoms with Gasteiger partial charge in [0.05, 0.1) is 16.5 Å². The van der Waals surface area contributed by atoms with Gasteiger partial charge in [-0.25, -0.2) is 0 Å². The van der Waals surface area contributed by atoms with Crippen molar-refractivity contribution in [2.45, 2.75) is 12.8 Å². The maximum absolute atomic E-state index is 12.8. The van der Waals surface area contributed by atoms with Crippen LogP contribution in [0.2, 0.25) is 0 Å². The number of fused-ring (bicyclic) bond motifs is 1. The van der Waals surface area contributed by atoms with Crippen LogP contribution in [0.5, 0.6) is 5.75 Å². The van der Waals surface area contributed by atoms with Crippen molar-refractivity contribution in [2.75, 3.05) is 5.73 Å². The van der Waals surface area contributed by atoms with Gasteiger partial charge in [-0.05, 0) is 47.5 Å². The summed E-state index contributed by atoms with van der Waals surface area (Å²) < 4.78 is 49.7. The number of ether oxygens (including phenoxy) is 1. The molecule has 0 aliphatic rings. The molecule has 0 amide bonds. The lowest BCUT2D eigenvalue weighted by Gasteiger charge is -2.10. The monoisotopic (exact) mass is 411 g/mol. The number of halogens is 3. The summed E-state index contributed by atoms with van der Waals surface area (Å²) in [5.41, 5.74) is 7.12. The second kappa shape index (κ2) is 7.59. The molecule has 0 radical (unpaired) electrons. The number of benzene rings is 3. The van der Waals surface area contributed by atoms with Crippen molar-refractivity contribution in [3.05, 3.63) is 94.3 Å². The Balaban J connectivity index is 1.58. The Morgan fingerprint density at radius 3 is 2.47 bits per heavy atom. The maximum Gasteiger partial charge on any atom is 0.416 e. The molecule has 0 aliphatic carbocycles. The summed E-state index contributed by atoms with van der Waals surface area (Å²) in [5, 5.41) is 0.371. The minimum absolute atomic E-state index is 0.0524. The lowest BCUT2D eigenvalue weighted by Crippen LogP contribution is -2.06. The summed E-state index contributed by atoms with van der Waals surface area (Å²) in [6.07, 6.45) is -3.04. The van der Waals surface area contributed by atoms with Gasteiger partial charge in [0, 0.05) is 11.8 Å². The lowest BCUT2D eigenvalue weighted by molar-refractivity contribution is -0.137. The van der Waals surface area contributed by atoms with Gasteiger partial charge < -0.3 is 14.9 Å². The van der Waals surface area contributed by atoms with Crippen LogP contribution in [0.25, 0.3) is 22.1 Å². The number of alkyl halides is 3. The SMILES string of the molecule is Nc1ccc(-c2coc3cc(OCc4cccc(C(F)(F)F)c4)ccc3c2=O)cc1. The number of hydrogen-bond donors (Lipinski definition) is 1. The number of nitrogen functional groups attached to an aromatic ring is 1. The quantitative estimate of drug-likeness (QED) is 0.442. The van der Waals surface area contributed by atoms with Crippen molar-refractivity contribution in [3.63, 3.8) is 0 Å². The Morgan fingerprint density at radius 1 is 0.967 bits per heavy atom. The van der Waals surface area contributed by atoms with E-state index in [1.54, 1.807) is 42.5 Å². The zero-order valence-electron chi connectivity index (χ0n) is 15.6. The van der Waals surface area contributed by atoms with Gasteiger partial charge in [0.15, 0.2) is 5.43 Å². The topological polar surface area (TPSA) is 65.5 Å². The van der Waals surface area contributed by atoms with Crippen LogP contribution in [0, 0.1) is 0 Å². The fourth-order valence-corrected chi connectivity index (χ4v) is 3.06. The third-order valence-corrected chi connectivity index (χ3v) is 4.63. The number of anilines is 1. The van der Waals surface area contributed by atoms with Gasteiger partial charge in [-0.15, -0.1) is 0 Å². The normalized spacial score (nSPS) is 11.6. The van der Waals surface area contributed by atoms with E-state index >= 15 is 0 Å². The molecule has 7 heteroatoms. The molecule has 1 heterocycles. The highest BCUT2D eigenvalue weighted by molar-refractivity contribution is 5.82. The summed E-state index contributed by atoms with van der Waals surface area (Å²) in [6, 6.07) is 16.5. The van der Waals surface area contributed by atoms with E-state index in [1.807, 2.05) is 0 Å². The van der Waals surface area contributed by atoms with Gasteiger partial charge >= 0.3 is 6.18 Å². The second-order valence-corrected chi connectivity index (χ2v) is 6.75. The van der Waals surface area contributed by atoms with Crippen molar-refractivity contribution < 1.29 is 22.3 Å². The molecule has 1 aromatic heterocycles. The zero-order valence-corrected chi connectivity index (χ0v) is 15.6. The molecule has 3 aromatic carbocycles. The molecule has 152 valence electrons. The van der Waals surface area contributed by atoms with Crippen LogP contribution in [0.3, 0.4) is 0 Å². The van der Waals surface area contributed by atoms with Crippen molar-refractivity contribution in [3.8, 4) is 16.9 Å². The molecule has 4 nitrogen and oxygen atoms in total. The number of nitrogens with two attached hydrogens (primary N) is 1. The average molecular weight is 411 g/mol. The summed E-state index contributed by atoms with van der Waals surface area (Å²) in [6.45, 7) is -0.0524. The summed E-state index contributed by atoms with van der Waals surface area (Å²) in [4.78, 5) is 12.8. The first kappa shape index (κ1) is 19.6. The average Bonchev–Trinajstić information content (AvgIpc) is 2.73. The lowest BCUT2D eigenvalue weighted by atomic mass is 10.1. The highest BCUT2D eigenvalue weighted by Gasteiger charge is 2.30. The van der Waals surface area contributed by atoms with Crippen LogP contribution >= 0.6 is 0 Å². The molecule has 2 N–H and O–H groups in total.